The number of benzene rings is 1. The molecular weight excluding hydrogens is 202 g/mol. The van der Waals surface area contributed by atoms with Crippen molar-refractivity contribution in [3.63, 3.8) is 0 Å². The molecule has 1 atom stereocenters. The van der Waals surface area contributed by atoms with E-state index in [4.69, 9.17) is 5.73 Å². The average molecular weight is 219 g/mol. The van der Waals surface area contributed by atoms with Gasteiger partial charge in [-0.3, -0.25) is 4.79 Å². The van der Waals surface area contributed by atoms with Crippen LogP contribution in [0.25, 0.3) is 0 Å². The maximum Gasteiger partial charge on any atom is 0.243 e. The number of aryl methyl sites for hydroxylation is 1. The number of nitrogens with two attached hydrogens (primary N) is 1. The Kier molecular flexibility index (Phi) is 2.83. The highest BCUT2D eigenvalue weighted by atomic mass is 16.2. The minimum atomic E-state index is 0.0266. The summed E-state index contributed by atoms with van der Waals surface area (Å²) >= 11 is 0. The van der Waals surface area contributed by atoms with Gasteiger partial charge in [-0.05, 0) is 25.5 Å². The molecule has 1 amide bonds. The van der Waals surface area contributed by atoms with E-state index in [0.29, 0.717) is 13.1 Å². The van der Waals surface area contributed by atoms with Crippen LogP contribution in [-0.2, 0) is 4.79 Å². The Hall–Kier alpha value is -1.55. The van der Waals surface area contributed by atoms with Crippen molar-refractivity contribution in [2.24, 2.45) is 5.73 Å². The van der Waals surface area contributed by atoms with E-state index >= 15 is 0 Å². The number of amides is 1. The Morgan fingerprint density at radius 1 is 1.56 bits per heavy atom. The van der Waals surface area contributed by atoms with Gasteiger partial charge in [0, 0.05) is 12.6 Å². The molecule has 2 rings (SSSR count). The molecule has 1 aromatic rings. The molecule has 16 heavy (non-hydrogen) atoms. The number of carbonyl (C=O) groups is 1. The Balaban J connectivity index is 2.39. The maximum atomic E-state index is 11.5. The third-order valence-corrected chi connectivity index (χ3v) is 2.67. The summed E-state index contributed by atoms with van der Waals surface area (Å²) in [5, 5.41) is 2.88. The van der Waals surface area contributed by atoms with Gasteiger partial charge in [0.05, 0.1) is 17.9 Å². The largest absolute Gasteiger partial charge is 0.359 e. The van der Waals surface area contributed by atoms with Gasteiger partial charge in [-0.1, -0.05) is 12.1 Å². The normalized spacial score (nSPS) is 16.7. The first-order chi connectivity index (χ1) is 7.58. The Morgan fingerprint density at radius 3 is 3.00 bits per heavy atom. The van der Waals surface area contributed by atoms with E-state index in [1.165, 1.54) is 0 Å². The number of hydrogen-bond acceptors (Lipinski definition) is 3. The lowest BCUT2D eigenvalue weighted by molar-refractivity contribution is -0.115. The van der Waals surface area contributed by atoms with E-state index in [9.17, 15) is 4.79 Å². The van der Waals surface area contributed by atoms with Crippen molar-refractivity contribution < 1.29 is 4.79 Å². The summed E-state index contributed by atoms with van der Waals surface area (Å²) in [6.07, 6.45) is 0. The SMILES string of the molecule is Cc1cccc2c1N(CC(C)N)CC(=O)N2. The Labute approximate surface area is 95.4 Å². The van der Waals surface area contributed by atoms with Crippen molar-refractivity contribution in [1.82, 2.24) is 0 Å². The molecule has 1 aliphatic rings. The minimum absolute atomic E-state index is 0.0266. The third kappa shape index (κ3) is 2.02. The highest BCUT2D eigenvalue weighted by Crippen LogP contribution is 2.32. The number of anilines is 2. The van der Waals surface area contributed by atoms with Crippen LogP contribution in [0.3, 0.4) is 0 Å². The van der Waals surface area contributed by atoms with E-state index in [-0.39, 0.29) is 11.9 Å². The molecule has 3 N–H and O–H groups in total. The Morgan fingerprint density at radius 2 is 2.31 bits per heavy atom. The van der Waals surface area contributed by atoms with Crippen molar-refractivity contribution in [2.75, 3.05) is 23.3 Å². The van der Waals surface area contributed by atoms with Crippen LogP contribution < -0.4 is 16.0 Å². The molecule has 0 saturated heterocycles. The topological polar surface area (TPSA) is 58.4 Å². The maximum absolute atomic E-state index is 11.5. The number of hydrogen-bond donors (Lipinski definition) is 2. The standard InChI is InChI=1S/C12H17N3O/c1-8-4-3-5-10-12(8)15(6-9(2)13)7-11(16)14-10/h3-5,9H,6-7,13H2,1-2H3,(H,14,16). The minimum Gasteiger partial charge on any atom is -0.359 e. The molecule has 0 saturated carbocycles. The van der Waals surface area contributed by atoms with Gasteiger partial charge in [0.1, 0.15) is 0 Å². The van der Waals surface area contributed by atoms with Crippen molar-refractivity contribution in [3.8, 4) is 0 Å². The molecule has 86 valence electrons. The molecule has 4 nitrogen and oxygen atoms in total. The van der Waals surface area contributed by atoms with Crippen LogP contribution in [0.1, 0.15) is 12.5 Å². The first-order valence-corrected chi connectivity index (χ1v) is 5.48. The van der Waals surface area contributed by atoms with Gasteiger partial charge in [-0.25, -0.2) is 0 Å². The second kappa shape index (κ2) is 4.14. The zero-order valence-corrected chi connectivity index (χ0v) is 9.66. The molecule has 0 aliphatic carbocycles. The van der Waals surface area contributed by atoms with Crippen LogP contribution in [0.5, 0.6) is 0 Å². The number of fused-ring (bicyclic) bond motifs is 1. The molecule has 0 radical (unpaired) electrons. The number of carbonyl (C=O) groups excluding carboxylic acids is 1. The molecular formula is C12H17N3O. The summed E-state index contributed by atoms with van der Waals surface area (Å²) in [5.41, 5.74) is 8.95. The molecule has 1 aromatic carbocycles. The van der Waals surface area contributed by atoms with Crippen molar-refractivity contribution >= 4 is 17.3 Å². The van der Waals surface area contributed by atoms with Crippen LogP contribution in [0, 0.1) is 6.92 Å². The first kappa shape index (κ1) is 11.0. The van der Waals surface area contributed by atoms with E-state index in [1.807, 2.05) is 36.9 Å². The van der Waals surface area contributed by atoms with Gasteiger partial charge >= 0.3 is 0 Å². The first-order valence-electron chi connectivity index (χ1n) is 5.48. The van der Waals surface area contributed by atoms with Gasteiger partial charge in [0.15, 0.2) is 0 Å². The van der Waals surface area contributed by atoms with Crippen LogP contribution in [-0.4, -0.2) is 25.0 Å². The van der Waals surface area contributed by atoms with E-state index in [2.05, 4.69) is 5.32 Å². The Bertz CT molecular complexity index is 415. The van der Waals surface area contributed by atoms with Crippen LogP contribution in [0.2, 0.25) is 0 Å². The van der Waals surface area contributed by atoms with E-state index in [1.54, 1.807) is 0 Å². The molecule has 1 aliphatic heterocycles. The fourth-order valence-electron chi connectivity index (χ4n) is 2.13. The van der Waals surface area contributed by atoms with Crippen LogP contribution in [0.4, 0.5) is 11.4 Å². The average Bonchev–Trinajstić information content (AvgIpc) is 2.15. The highest BCUT2D eigenvalue weighted by Gasteiger charge is 2.23. The molecule has 0 aromatic heterocycles. The smallest absolute Gasteiger partial charge is 0.243 e. The zero-order valence-electron chi connectivity index (χ0n) is 9.66. The van der Waals surface area contributed by atoms with Gasteiger partial charge in [0.2, 0.25) is 5.91 Å². The number of nitrogens with one attached hydrogen (secondary N) is 1. The van der Waals surface area contributed by atoms with Gasteiger partial charge < -0.3 is 16.0 Å². The molecule has 0 fully saturated rings. The summed E-state index contributed by atoms with van der Waals surface area (Å²) in [6.45, 7) is 5.08. The fourth-order valence-corrected chi connectivity index (χ4v) is 2.13. The monoisotopic (exact) mass is 219 g/mol. The lowest BCUT2D eigenvalue weighted by atomic mass is 10.1. The molecule has 1 heterocycles. The predicted octanol–water partition coefficient (Wildman–Crippen LogP) is 1.10. The zero-order chi connectivity index (χ0) is 11.7. The summed E-state index contributed by atoms with van der Waals surface area (Å²) < 4.78 is 0. The molecule has 1 unspecified atom stereocenters. The summed E-state index contributed by atoms with van der Waals surface area (Å²) in [5.74, 6) is 0.0266. The fraction of sp³-hybridized carbons (Fsp3) is 0.417. The van der Waals surface area contributed by atoms with Gasteiger partial charge in [-0.2, -0.15) is 0 Å². The molecule has 4 heteroatoms. The van der Waals surface area contributed by atoms with Crippen LogP contribution in [0.15, 0.2) is 18.2 Å². The lowest BCUT2D eigenvalue weighted by Gasteiger charge is -2.33. The third-order valence-electron chi connectivity index (χ3n) is 2.67. The van der Waals surface area contributed by atoms with E-state index < -0.39 is 0 Å². The second-order valence-electron chi connectivity index (χ2n) is 4.38. The number of para-hydroxylation sites is 1. The van der Waals surface area contributed by atoms with Crippen LogP contribution >= 0.6 is 0 Å². The van der Waals surface area contributed by atoms with Gasteiger partial charge in [-0.15, -0.1) is 0 Å². The number of nitrogens with zero attached hydrogens (tertiary/aromatic N) is 1. The highest BCUT2D eigenvalue weighted by molar-refractivity contribution is 6.01. The summed E-state index contributed by atoms with van der Waals surface area (Å²) in [7, 11) is 0. The van der Waals surface area contributed by atoms with E-state index in [0.717, 1.165) is 16.9 Å². The second-order valence-corrected chi connectivity index (χ2v) is 4.38. The van der Waals surface area contributed by atoms with Crippen molar-refractivity contribution in [3.05, 3.63) is 23.8 Å². The quantitative estimate of drug-likeness (QED) is 0.783. The summed E-state index contributed by atoms with van der Waals surface area (Å²) in [4.78, 5) is 13.6. The van der Waals surface area contributed by atoms with Crippen molar-refractivity contribution in [1.29, 1.82) is 0 Å². The molecule has 0 spiro atoms. The lowest BCUT2D eigenvalue weighted by Crippen LogP contribution is -2.44. The summed E-state index contributed by atoms with van der Waals surface area (Å²) in [6, 6.07) is 5.97. The number of rotatable bonds is 2. The predicted molar refractivity (Wildman–Crippen MR) is 65.7 cm³/mol. The van der Waals surface area contributed by atoms with Crippen molar-refractivity contribution in [2.45, 2.75) is 19.9 Å². The molecule has 0 bridgehead atoms. The van der Waals surface area contributed by atoms with Gasteiger partial charge in [0.25, 0.3) is 0 Å².